The molecule has 0 heterocycles. The molecule has 4 nitrogen and oxygen atoms in total. The summed E-state index contributed by atoms with van der Waals surface area (Å²) in [4.78, 5) is 0. The minimum absolute atomic E-state index is 1.53. The molecule has 0 radical (unpaired) electrons. The molecule has 168 valence electrons. The van der Waals surface area contributed by atoms with Gasteiger partial charge in [-0.2, -0.15) is 0 Å². The summed E-state index contributed by atoms with van der Waals surface area (Å²) in [5.74, 6) is 0. The minimum atomic E-state index is -2.11. The van der Waals surface area contributed by atoms with Gasteiger partial charge in [-0.25, -0.2) is 0 Å². The van der Waals surface area contributed by atoms with Gasteiger partial charge in [0.1, 0.15) is 0 Å². The van der Waals surface area contributed by atoms with Crippen LogP contribution in [0.4, 0.5) is 0 Å². The second-order valence-electron chi connectivity index (χ2n) is 11.3. The SMILES string of the molecule is C=C[Si](C)(O[Si](C)(C)C)O[Si](C)(C)C.C=C[Si](C)(O[Si](C)(C)C)O[Si](C)(C)C. The molecule has 0 rings (SSSR count). The zero-order valence-electron chi connectivity index (χ0n) is 21.2. The molecule has 28 heavy (non-hydrogen) atoms. The molecule has 0 saturated carbocycles. The monoisotopic (exact) mass is 496 g/mol. The van der Waals surface area contributed by atoms with Crippen LogP contribution in [-0.4, -0.2) is 50.4 Å². The molecule has 0 aliphatic rings. The molecule has 0 spiro atoms. The standard InChI is InChI=1S/2C9H24O2Si3/c2*1-9-14(8,10-12(2,3)4)11-13(5,6)7/h2*9H,1H2,2-8H3. The van der Waals surface area contributed by atoms with Gasteiger partial charge in [0.25, 0.3) is 0 Å². The molecule has 0 aromatic carbocycles. The van der Waals surface area contributed by atoms with Crippen molar-refractivity contribution in [3.63, 3.8) is 0 Å². The first-order chi connectivity index (χ1) is 11.9. The fourth-order valence-electron chi connectivity index (χ4n) is 2.64. The lowest BCUT2D eigenvalue weighted by Crippen LogP contribution is -2.51. The number of hydrogen-bond donors (Lipinski definition) is 0. The molecule has 0 fully saturated rings. The maximum absolute atomic E-state index is 6.12. The average molecular weight is 497 g/mol. The summed E-state index contributed by atoms with van der Waals surface area (Å²) in [5.41, 5.74) is 3.81. The highest BCUT2D eigenvalue weighted by Crippen LogP contribution is 2.22. The lowest BCUT2D eigenvalue weighted by atomic mass is 11.3. The Bertz CT molecular complexity index is 420. The van der Waals surface area contributed by atoms with Crippen LogP contribution in [0, 0.1) is 0 Å². The van der Waals surface area contributed by atoms with E-state index in [4.69, 9.17) is 16.5 Å². The van der Waals surface area contributed by atoms with Crippen molar-refractivity contribution >= 4 is 50.4 Å². The predicted octanol–water partition coefficient (Wildman–Crippen LogP) is 6.97. The van der Waals surface area contributed by atoms with Crippen molar-refractivity contribution in [1.29, 1.82) is 0 Å². The van der Waals surface area contributed by atoms with Gasteiger partial charge >= 0.3 is 17.1 Å². The van der Waals surface area contributed by atoms with Gasteiger partial charge in [-0.15, -0.1) is 13.2 Å². The fourth-order valence-corrected chi connectivity index (χ4v) is 24.5. The second kappa shape index (κ2) is 10.8. The van der Waals surface area contributed by atoms with Crippen LogP contribution in [0.15, 0.2) is 24.6 Å². The van der Waals surface area contributed by atoms with E-state index in [0.717, 1.165) is 0 Å². The van der Waals surface area contributed by atoms with Crippen molar-refractivity contribution in [1.82, 2.24) is 0 Å². The first-order valence-electron chi connectivity index (χ1n) is 10.0. The highest BCUT2D eigenvalue weighted by atomic mass is 28.5. The van der Waals surface area contributed by atoms with E-state index < -0.39 is 50.4 Å². The van der Waals surface area contributed by atoms with E-state index in [0.29, 0.717) is 0 Å². The quantitative estimate of drug-likeness (QED) is 0.306. The third kappa shape index (κ3) is 18.6. The van der Waals surface area contributed by atoms with Gasteiger partial charge in [-0.05, 0) is 91.7 Å². The fraction of sp³-hybridized carbons (Fsp3) is 0.778. The Kier molecular flexibility index (Phi) is 11.9. The van der Waals surface area contributed by atoms with E-state index in [1.807, 2.05) is 11.4 Å². The lowest BCUT2D eigenvalue weighted by molar-refractivity contribution is 0.401. The van der Waals surface area contributed by atoms with Crippen LogP contribution in [-0.2, 0) is 16.5 Å². The van der Waals surface area contributed by atoms with Gasteiger partial charge in [0.05, 0.1) is 0 Å². The molecule has 0 aliphatic carbocycles. The van der Waals surface area contributed by atoms with E-state index in [1.54, 1.807) is 0 Å². The number of hydrogen-bond acceptors (Lipinski definition) is 4. The Morgan fingerprint density at radius 3 is 0.607 bits per heavy atom. The van der Waals surface area contributed by atoms with E-state index >= 15 is 0 Å². The Hall–Kier alpha value is 0.621. The maximum atomic E-state index is 6.12. The van der Waals surface area contributed by atoms with Crippen LogP contribution in [0.2, 0.25) is 91.7 Å². The van der Waals surface area contributed by atoms with E-state index in [1.165, 1.54) is 0 Å². The van der Waals surface area contributed by atoms with Crippen LogP contribution >= 0.6 is 0 Å². The maximum Gasteiger partial charge on any atom is 0.340 e. The summed E-state index contributed by atoms with van der Waals surface area (Å²) in [5, 5.41) is 0. The average Bonchev–Trinajstić information content (AvgIpc) is 2.30. The van der Waals surface area contributed by atoms with E-state index in [2.05, 4.69) is 105 Å². The molecule has 0 aliphatic heterocycles. The van der Waals surface area contributed by atoms with Crippen LogP contribution in [0.3, 0.4) is 0 Å². The van der Waals surface area contributed by atoms with Crippen LogP contribution in [0.1, 0.15) is 0 Å². The molecule has 0 aromatic heterocycles. The summed E-state index contributed by atoms with van der Waals surface area (Å²) >= 11 is 0. The third-order valence-electron chi connectivity index (χ3n) is 2.78. The minimum Gasteiger partial charge on any atom is -0.434 e. The van der Waals surface area contributed by atoms with Crippen molar-refractivity contribution in [3.8, 4) is 0 Å². The molecule has 0 aromatic rings. The molecule has 10 heteroatoms. The molecular weight excluding hydrogens is 449 g/mol. The molecular formula is C18H48O4Si6. The summed E-state index contributed by atoms with van der Waals surface area (Å²) in [7, 11) is -10.3. The zero-order chi connectivity index (χ0) is 23.2. The highest BCUT2D eigenvalue weighted by molar-refractivity contribution is 6.90. The first-order valence-corrected chi connectivity index (χ1v) is 28.4. The molecule has 0 amide bonds. The number of rotatable bonds is 10. The smallest absolute Gasteiger partial charge is 0.340 e. The Morgan fingerprint density at radius 1 is 0.393 bits per heavy atom. The van der Waals surface area contributed by atoms with Crippen molar-refractivity contribution in [2.75, 3.05) is 0 Å². The van der Waals surface area contributed by atoms with Crippen molar-refractivity contribution in [3.05, 3.63) is 24.6 Å². The van der Waals surface area contributed by atoms with Gasteiger partial charge in [0.2, 0.25) is 0 Å². The third-order valence-corrected chi connectivity index (χ3v) is 20.5. The Balaban J connectivity index is 0. The second-order valence-corrected chi connectivity index (χ2v) is 36.3. The van der Waals surface area contributed by atoms with Gasteiger partial charge < -0.3 is 16.5 Å². The topological polar surface area (TPSA) is 36.9 Å². The normalized spacial score (nSPS) is 14.2. The van der Waals surface area contributed by atoms with Crippen LogP contribution in [0.25, 0.3) is 0 Å². The van der Waals surface area contributed by atoms with Crippen LogP contribution in [0.5, 0.6) is 0 Å². The van der Waals surface area contributed by atoms with E-state index in [-0.39, 0.29) is 0 Å². The van der Waals surface area contributed by atoms with Gasteiger partial charge in [0.15, 0.2) is 33.3 Å². The van der Waals surface area contributed by atoms with Crippen molar-refractivity contribution < 1.29 is 16.5 Å². The van der Waals surface area contributed by atoms with Crippen LogP contribution < -0.4 is 0 Å². The van der Waals surface area contributed by atoms with Gasteiger partial charge in [-0.3, -0.25) is 0 Å². The first kappa shape index (κ1) is 30.8. The molecule has 0 bridgehead atoms. The molecule has 0 N–H and O–H groups in total. The van der Waals surface area contributed by atoms with Gasteiger partial charge in [0, 0.05) is 0 Å². The Labute approximate surface area is 182 Å². The van der Waals surface area contributed by atoms with Gasteiger partial charge in [-0.1, -0.05) is 11.4 Å². The lowest BCUT2D eigenvalue weighted by Gasteiger charge is -2.36. The molecule has 0 saturated heterocycles. The predicted molar refractivity (Wildman–Crippen MR) is 141 cm³/mol. The molecule has 0 unspecified atom stereocenters. The van der Waals surface area contributed by atoms with Crippen molar-refractivity contribution in [2.45, 2.75) is 91.7 Å². The molecule has 0 atom stereocenters. The zero-order valence-corrected chi connectivity index (χ0v) is 27.2. The van der Waals surface area contributed by atoms with Crippen molar-refractivity contribution in [2.24, 2.45) is 0 Å². The summed E-state index contributed by atoms with van der Waals surface area (Å²) in [6.07, 6.45) is 0. The summed E-state index contributed by atoms with van der Waals surface area (Å²) in [6.45, 7) is 38.2. The summed E-state index contributed by atoms with van der Waals surface area (Å²) in [6, 6.07) is 0. The highest BCUT2D eigenvalue weighted by Gasteiger charge is 2.38. The summed E-state index contributed by atoms with van der Waals surface area (Å²) < 4.78 is 24.5. The Morgan fingerprint density at radius 2 is 0.536 bits per heavy atom. The van der Waals surface area contributed by atoms with E-state index in [9.17, 15) is 0 Å². The largest absolute Gasteiger partial charge is 0.434 e.